The van der Waals surface area contributed by atoms with Gasteiger partial charge in [0.15, 0.2) is 5.82 Å². The van der Waals surface area contributed by atoms with E-state index in [9.17, 15) is 18.8 Å². The number of fused-ring (bicyclic) bond motifs is 1. The van der Waals surface area contributed by atoms with Gasteiger partial charge in [-0.3, -0.25) is 14.4 Å². The number of rotatable bonds is 6. The van der Waals surface area contributed by atoms with Gasteiger partial charge < -0.3 is 24.8 Å². The molecule has 2 saturated heterocycles. The van der Waals surface area contributed by atoms with Crippen LogP contribution in [-0.2, 0) is 19.1 Å². The first-order chi connectivity index (χ1) is 17.3. The van der Waals surface area contributed by atoms with Gasteiger partial charge in [0, 0.05) is 12.1 Å². The van der Waals surface area contributed by atoms with E-state index >= 15 is 0 Å². The van der Waals surface area contributed by atoms with E-state index in [1.54, 1.807) is 19.1 Å². The van der Waals surface area contributed by atoms with Gasteiger partial charge in [0.2, 0.25) is 17.7 Å². The van der Waals surface area contributed by atoms with Crippen molar-refractivity contribution in [2.75, 3.05) is 11.9 Å². The van der Waals surface area contributed by atoms with E-state index in [1.165, 1.54) is 29.2 Å². The number of carbonyl (C=O) groups is 3. The van der Waals surface area contributed by atoms with Crippen molar-refractivity contribution in [3.8, 4) is 0 Å². The fourth-order valence-electron chi connectivity index (χ4n) is 6.15. The second-order valence-corrected chi connectivity index (χ2v) is 10.1. The van der Waals surface area contributed by atoms with E-state index in [-0.39, 0.29) is 30.2 Å². The molecule has 3 fully saturated rings. The first-order valence-electron chi connectivity index (χ1n) is 12.3. The lowest BCUT2D eigenvalue weighted by atomic mass is 9.77. The second kappa shape index (κ2) is 8.55. The quantitative estimate of drug-likeness (QED) is 0.597. The maximum absolute atomic E-state index is 13.9. The molecule has 188 valence electrons. The van der Waals surface area contributed by atoms with E-state index in [4.69, 9.17) is 9.26 Å². The molecular weight excluding hydrogens is 467 g/mol. The van der Waals surface area contributed by atoms with Crippen molar-refractivity contribution in [3.05, 3.63) is 59.6 Å². The minimum absolute atomic E-state index is 0.0484. The number of aromatic nitrogens is 1. The summed E-state index contributed by atoms with van der Waals surface area (Å²) in [5.74, 6) is -2.23. The summed E-state index contributed by atoms with van der Waals surface area (Å²) in [6.45, 7) is 1.84. The highest BCUT2D eigenvalue weighted by Gasteiger charge is 2.68. The fourth-order valence-corrected chi connectivity index (χ4v) is 6.15. The highest BCUT2D eigenvalue weighted by atomic mass is 19.1. The molecule has 0 radical (unpaired) electrons. The number of ether oxygens (including phenoxy) is 1. The molecule has 1 saturated carbocycles. The van der Waals surface area contributed by atoms with Crippen molar-refractivity contribution in [2.24, 2.45) is 11.8 Å². The smallest absolute Gasteiger partial charge is 0.247 e. The average Bonchev–Trinajstić information content (AvgIpc) is 3.66. The lowest BCUT2D eigenvalue weighted by molar-refractivity contribution is -0.142. The van der Waals surface area contributed by atoms with Gasteiger partial charge in [-0.15, -0.1) is 0 Å². The van der Waals surface area contributed by atoms with Crippen LogP contribution in [0.5, 0.6) is 0 Å². The number of hydrogen-bond acceptors (Lipinski definition) is 6. The van der Waals surface area contributed by atoms with Crippen LogP contribution in [0.3, 0.4) is 0 Å². The molecule has 5 atom stereocenters. The number of carbonyl (C=O) groups excluding carboxylic acids is 3. The number of aryl methyl sites for hydroxylation is 1. The molecule has 2 N–H and O–H groups in total. The molecule has 0 unspecified atom stereocenters. The molecule has 3 aliphatic heterocycles. The van der Waals surface area contributed by atoms with Crippen LogP contribution in [0.4, 0.5) is 10.2 Å². The van der Waals surface area contributed by atoms with E-state index in [0.29, 0.717) is 11.3 Å². The lowest BCUT2D eigenvalue weighted by Crippen LogP contribution is -2.46. The number of halogens is 1. The molecular formula is C26H27FN4O5. The Morgan fingerprint density at radius 1 is 1.22 bits per heavy atom. The third-order valence-electron chi connectivity index (χ3n) is 7.76. The van der Waals surface area contributed by atoms with E-state index in [0.717, 1.165) is 25.7 Å². The van der Waals surface area contributed by atoms with E-state index < -0.39 is 41.3 Å². The number of hydrogen-bond donors (Lipinski definition) is 2. The molecule has 2 aromatic rings. The predicted octanol–water partition coefficient (Wildman–Crippen LogP) is 2.64. The van der Waals surface area contributed by atoms with Crippen LogP contribution >= 0.6 is 0 Å². The normalized spacial score (nSPS) is 29.6. The SMILES string of the molecule is Cc1cc(NC(=O)[C@H]2[C@H]3C(=O)N([C@H](C(=O)NC4CCCC4)c4ccc(F)cc4)C[C@]34C=C[C@H]2O4)no1. The Bertz CT molecular complexity index is 1240. The molecule has 1 aliphatic carbocycles. The highest BCUT2D eigenvalue weighted by Crippen LogP contribution is 2.53. The predicted molar refractivity (Wildman–Crippen MR) is 125 cm³/mol. The molecule has 2 bridgehead atoms. The van der Waals surface area contributed by atoms with Gasteiger partial charge in [0.05, 0.1) is 24.5 Å². The van der Waals surface area contributed by atoms with Crippen molar-refractivity contribution >= 4 is 23.5 Å². The van der Waals surface area contributed by atoms with Gasteiger partial charge in [0.25, 0.3) is 0 Å². The molecule has 9 nitrogen and oxygen atoms in total. The van der Waals surface area contributed by atoms with Crippen LogP contribution in [0.15, 0.2) is 47.0 Å². The first-order valence-corrected chi connectivity index (χ1v) is 12.3. The molecule has 1 aromatic carbocycles. The number of likely N-dealkylation sites (tertiary alicyclic amines) is 1. The van der Waals surface area contributed by atoms with Gasteiger partial charge in [-0.05, 0) is 37.5 Å². The van der Waals surface area contributed by atoms with Crippen LogP contribution in [0, 0.1) is 24.6 Å². The van der Waals surface area contributed by atoms with Crippen molar-refractivity contribution in [1.82, 2.24) is 15.4 Å². The Morgan fingerprint density at radius 2 is 1.97 bits per heavy atom. The van der Waals surface area contributed by atoms with Crippen LogP contribution in [0.2, 0.25) is 0 Å². The summed E-state index contributed by atoms with van der Waals surface area (Å²) in [4.78, 5) is 42.2. The first kappa shape index (κ1) is 22.9. The number of benzene rings is 1. The van der Waals surface area contributed by atoms with Crippen molar-refractivity contribution < 1.29 is 28.0 Å². The van der Waals surface area contributed by atoms with Gasteiger partial charge in [-0.25, -0.2) is 4.39 Å². The third-order valence-corrected chi connectivity index (χ3v) is 7.76. The Kier molecular flexibility index (Phi) is 5.44. The summed E-state index contributed by atoms with van der Waals surface area (Å²) < 4.78 is 24.9. The number of nitrogens with zero attached hydrogens (tertiary/aromatic N) is 2. The standard InChI is InChI=1S/C26H27FN4O5/c1-14-12-19(30-36-14)29-23(32)20-18-10-11-26(35-18)13-31(25(34)21(20)26)22(15-6-8-16(27)9-7-15)24(33)28-17-4-2-3-5-17/h6-12,17-18,20-22H,2-5,13H2,1H3,(H,28,33)(H,29,30,32)/t18-,20-,21+,22+,26-/m1/s1. The largest absolute Gasteiger partial charge is 0.360 e. The topological polar surface area (TPSA) is 114 Å². The summed E-state index contributed by atoms with van der Waals surface area (Å²) in [7, 11) is 0. The summed E-state index contributed by atoms with van der Waals surface area (Å²) >= 11 is 0. The minimum atomic E-state index is -1.00. The summed E-state index contributed by atoms with van der Waals surface area (Å²) in [6, 6.07) is 6.30. The summed E-state index contributed by atoms with van der Waals surface area (Å²) in [5.41, 5.74) is -0.496. The molecule has 4 aliphatic rings. The number of nitrogens with one attached hydrogen (secondary N) is 2. The zero-order valence-electron chi connectivity index (χ0n) is 19.8. The fraction of sp³-hybridized carbons (Fsp3) is 0.462. The van der Waals surface area contributed by atoms with Gasteiger partial charge in [0.1, 0.15) is 23.2 Å². The summed E-state index contributed by atoms with van der Waals surface area (Å²) in [6.07, 6.45) is 6.95. The van der Waals surface area contributed by atoms with Gasteiger partial charge in [-0.1, -0.05) is 42.3 Å². The molecule has 1 aromatic heterocycles. The second-order valence-electron chi connectivity index (χ2n) is 10.1. The van der Waals surface area contributed by atoms with E-state index in [2.05, 4.69) is 15.8 Å². The lowest BCUT2D eigenvalue weighted by Gasteiger charge is -2.30. The van der Waals surface area contributed by atoms with Crippen LogP contribution in [0.25, 0.3) is 0 Å². The maximum atomic E-state index is 13.9. The van der Waals surface area contributed by atoms with Crippen LogP contribution in [-0.4, -0.2) is 52.1 Å². The number of anilines is 1. The Labute approximate surface area is 207 Å². The van der Waals surface area contributed by atoms with Gasteiger partial charge >= 0.3 is 0 Å². The Balaban J connectivity index is 1.30. The Morgan fingerprint density at radius 3 is 2.67 bits per heavy atom. The third kappa shape index (κ3) is 3.71. The maximum Gasteiger partial charge on any atom is 0.247 e. The average molecular weight is 495 g/mol. The van der Waals surface area contributed by atoms with E-state index in [1.807, 2.05) is 6.08 Å². The molecule has 3 amide bonds. The molecule has 1 spiro atoms. The number of amides is 3. The Hall–Kier alpha value is -3.53. The monoisotopic (exact) mass is 494 g/mol. The zero-order valence-corrected chi connectivity index (χ0v) is 19.8. The van der Waals surface area contributed by atoms with Crippen molar-refractivity contribution in [2.45, 2.75) is 56.4 Å². The van der Waals surface area contributed by atoms with Gasteiger partial charge in [-0.2, -0.15) is 0 Å². The summed E-state index contributed by atoms with van der Waals surface area (Å²) in [5, 5.41) is 9.61. The minimum Gasteiger partial charge on any atom is -0.360 e. The highest BCUT2D eigenvalue weighted by molar-refractivity contribution is 6.00. The zero-order chi connectivity index (χ0) is 25.0. The van der Waals surface area contributed by atoms with Crippen LogP contribution in [0.1, 0.15) is 43.0 Å². The molecule has 36 heavy (non-hydrogen) atoms. The molecule has 10 heteroatoms. The van der Waals surface area contributed by atoms with Crippen molar-refractivity contribution in [1.29, 1.82) is 0 Å². The molecule has 4 heterocycles. The molecule has 6 rings (SSSR count). The van der Waals surface area contributed by atoms with Crippen LogP contribution < -0.4 is 10.6 Å². The van der Waals surface area contributed by atoms with Crippen molar-refractivity contribution in [3.63, 3.8) is 0 Å².